The summed E-state index contributed by atoms with van der Waals surface area (Å²) in [4.78, 5) is 13.5. The summed E-state index contributed by atoms with van der Waals surface area (Å²) in [7, 11) is 0. The predicted octanol–water partition coefficient (Wildman–Crippen LogP) is 3.83. The van der Waals surface area contributed by atoms with Gasteiger partial charge in [0.15, 0.2) is 0 Å². The predicted molar refractivity (Wildman–Crippen MR) is 68.8 cm³/mol. The van der Waals surface area contributed by atoms with Gasteiger partial charge in [0.2, 0.25) is 0 Å². The summed E-state index contributed by atoms with van der Waals surface area (Å²) in [5.74, 6) is -0.610. The largest absolute Gasteiger partial charge is 0.417 e. The fourth-order valence-corrected chi connectivity index (χ4v) is 1.79. The summed E-state index contributed by atoms with van der Waals surface area (Å²) in [5, 5.41) is 0. The SMILES string of the molecule is C=Cc1ccc(C(F)(F)F)c(C(=O)N(CC)CC)c1. The van der Waals surface area contributed by atoms with Crippen molar-refractivity contribution in [1.82, 2.24) is 4.90 Å². The molecule has 2 nitrogen and oxygen atoms in total. The maximum Gasteiger partial charge on any atom is 0.417 e. The molecule has 0 fully saturated rings. The summed E-state index contributed by atoms with van der Waals surface area (Å²) >= 11 is 0. The standard InChI is InChI=1S/C14H16F3NO/c1-4-10-7-8-12(14(15,16)17)11(9-10)13(19)18(5-2)6-3/h4,7-9H,1,5-6H2,2-3H3. The van der Waals surface area contributed by atoms with Gasteiger partial charge in [-0.15, -0.1) is 0 Å². The lowest BCUT2D eigenvalue weighted by atomic mass is 10.0. The van der Waals surface area contributed by atoms with Gasteiger partial charge in [0.1, 0.15) is 0 Å². The van der Waals surface area contributed by atoms with Crippen LogP contribution in [0, 0.1) is 0 Å². The quantitative estimate of drug-likeness (QED) is 0.815. The Morgan fingerprint density at radius 2 is 1.89 bits per heavy atom. The molecule has 0 N–H and O–H groups in total. The van der Waals surface area contributed by atoms with Crippen LogP contribution in [0.1, 0.15) is 35.3 Å². The van der Waals surface area contributed by atoms with E-state index in [2.05, 4.69) is 6.58 Å². The van der Waals surface area contributed by atoms with Crippen LogP contribution in [0.15, 0.2) is 24.8 Å². The average Bonchev–Trinajstić information content (AvgIpc) is 2.38. The van der Waals surface area contributed by atoms with E-state index in [1.807, 2.05) is 0 Å². The van der Waals surface area contributed by atoms with Gasteiger partial charge in [-0.1, -0.05) is 18.7 Å². The molecule has 5 heteroatoms. The molecule has 0 bridgehead atoms. The molecule has 0 heterocycles. The van der Waals surface area contributed by atoms with Gasteiger partial charge in [0, 0.05) is 13.1 Å². The molecule has 0 aliphatic carbocycles. The summed E-state index contributed by atoms with van der Waals surface area (Å²) in [5.41, 5.74) is -0.743. The van der Waals surface area contributed by atoms with Gasteiger partial charge in [0.05, 0.1) is 11.1 Å². The second kappa shape index (κ2) is 5.91. The van der Waals surface area contributed by atoms with Crippen LogP contribution in [0.25, 0.3) is 6.08 Å². The van der Waals surface area contributed by atoms with Gasteiger partial charge in [0.25, 0.3) is 5.91 Å². The molecule has 104 valence electrons. The van der Waals surface area contributed by atoms with Crippen LogP contribution in [0.3, 0.4) is 0 Å². The highest BCUT2D eigenvalue weighted by Crippen LogP contribution is 2.33. The van der Waals surface area contributed by atoms with Gasteiger partial charge in [-0.25, -0.2) is 0 Å². The van der Waals surface area contributed by atoms with Gasteiger partial charge < -0.3 is 4.90 Å². The van der Waals surface area contributed by atoms with Gasteiger partial charge in [-0.05, 0) is 31.5 Å². The van der Waals surface area contributed by atoms with Crippen molar-refractivity contribution in [1.29, 1.82) is 0 Å². The number of nitrogens with zero attached hydrogens (tertiary/aromatic N) is 1. The van der Waals surface area contributed by atoms with Crippen molar-refractivity contribution in [2.45, 2.75) is 20.0 Å². The van der Waals surface area contributed by atoms with Gasteiger partial charge in [-0.2, -0.15) is 13.2 Å². The Bertz CT molecular complexity index is 476. The number of carbonyl (C=O) groups is 1. The number of carbonyl (C=O) groups excluding carboxylic acids is 1. The van der Waals surface area contributed by atoms with E-state index in [0.717, 1.165) is 6.07 Å². The normalized spacial score (nSPS) is 11.2. The lowest BCUT2D eigenvalue weighted by Gasteiger charge is -2.21. The third-order valence-corrected chi connectivity index (χ3v) is 2.87. The Balaban J connectivity index is 3.37. The third kappa shape index (κ3) is 3.36. The van der Waals surface area contributed by atoms with Crippen LogP contribution in [-0.4, -0.2) is 23.9 Å². The van der Waals surface area contributed by atoms with Gasteiger partial charge >= 0.3 is 6.18 Å². The van der Waals surface area contributed by atoms with E-state index >= 15 is 0 Å². The molecule has 0 saturated carbocycles. The molecule has 19 heavy (non-hydrogen) atoms. The molecule has 0 atom stereocenters. The number of hydrogen-bond donors (Lipinski definition) is 0. The minimum Gasteiger partial charge on any atom is -0.339 e. The number of rotatable bonds is 4. The molecule has 0 saturated heterocycles. The highest BCUT2D eigenvalue weighted by Gasteiger charge is 2.35. The molecule has 1 aromatic rings. The van der Waals surface area contributed by atoms with Crippen molar-refractivity contribution in [2.24, 2.45) is 0 Å². The second-order valence-corrected chi connectivity index (χ2v) is 3.98. The van der Waals surface area contributed by atoms with E-state index in [9.17, 15) is 18.0 Å². The topological polar surface area (TPSA) is 20.3 Å². The Morgan fingerprint density at radius 1 is 1.32 bits per heavy atom. The van der Waals surface area contributed by atoms with E-state index < -0.39 is 17.6 Å². The number of benzene rings is 1. The number of alkyl halides is 3. The van der Waals surface area contributed by atoms with Gasteiger partial charge in [-0.3, -0.25) is 4.79 Å². The smallest absolute Gasteiger partial charge is 0.339 e. The molecule has 0 aliphatic rings. The Labute approximate surface area is 110 Å². The van der Waals surface area contributed by atoms with Crippen LogP contribution in [0.2, 0.25) is 0 Å². The van der Waals surface area contributed by atoms with Crippen molar-refractivity contribution in [2.75, 3.05) is 13.1 Å². The molecular weight excluding hydrogens is 255 g/mol. The molecule has 0 radical (unpaired) electrons. The van der Waals surface area contributed by atoms with Crippen LogP contribution in [0.5, 0.6) is 0 Å². The Morgan fingerprint density at radius 3 is 2.32 bits per heavy atom. The molecular formula is C14H16F3NO. The fourth-order valence-electron chi connectivity index (χ4n) is 1.79. The van der Waals surface area contributed by atoms with Crippen LogP contribution < -0.4 is 0 Å². The molecule has 0 unspecified atom stereocenters. The highest BCUT2D eigenvalue weighted by molar-refractivity contribution is 5.96. The zero-order valence-corrected chi connectivity index (χ0v) is 10.9. The van der Waals surface area contributed by atoms with E-state index in [-0.39, 0.29) is 5.56 Å². The van der Waals surface area contributed by atoms with Crippen LogP contribution >= 0.6 is 0 Å². The van der Waals surface area contributed by atoms with E-state index in [4.69, 9.17) is 0 Å². The maximum atomic E-state index is 12.9. The monoisotopic (exact) mass is 271 g/mol. The lowest BCUT2D eigenvalue weighted by Crippen LogP contribution is -2.32. The second-order valence-electron chi connectivity index (χ2n) is 3.98. The zero-order chi connectivity index (χ0) is 14.6. The van der Waals surface area contributed by atoms with Crippen LogP contribution in [-0.2, 0) is 6.18 Å². The first-order chi connectivity index (χ1) is 8.85. The molecule has 0 aliphatic heterocycles. The number of hydrogen-bond acceptors (Lipinski definition) is 1. The number of halogens is 3. The van der Waals surface area contributed by atoms with Crippen molar-refractivity contribution in [3.8, 4) is 0 Å². The van der Waals surface area contributed by atoms with Crippen molar-refractivity contribution >= 4 is 12.0 Å². The highest BCUT2D eigenvalue weighted by atomic mass is 19.4. The number of amides is 1. The van der Waals surface area contributed by atoms with Crippen molar-refractivity contribution < 1.29 is 18.0 Å². The third-order valence-electron chi connectivity index (χ3n) is 2.87. The van der Waals surface area contributed by atoms with Crippen LogP contribution in [0.4, 0.5) is 13.2 Å². The molecule has 1 rings (SSSR count). The summed E-state index contributed by atoms with van der Waals surface area (Å²) in [6, 6.07) is 3.46. The first-order valence-electron chi connectivity index (χ1n) is 5.98. The molecule has 0 aromatic heterocycles. The minimum atomic E-state index is -4.54. The maximum absolute atomic E-state index is 12.9. The lowest BCUT2D eigenvalue weighted by molar-refractivity contribution is -0.138. The van der Waals surface area contributed by atoms with E-state index in [0.29, 0.717) is 18.7 Å². The molecule has 0 spiro atoms. The zero-order valence-electron chi connectivity index (χ0n) is 10.9. The first kappa shape index (κ1) is 15.3. The summed E-state index contributed by atoms with van der Waals surface area (Å²) in [6.07, 6.45) is -3.13. The Kier molecular flexibility index (Phi) is 4.75. The molecule has 1 amide bonds. The molecule has 1 aromatic carbocycles. The Hall–Kier alpha value is -1.78. The van der Waals surface area contributed by atoms with Crippen molar-refractivity contribution in [3.63, 3.8) is 0 Å². The summed E-state index contributed by atoms with van der Waals surface area (Å²) < 4.78 is 38.8. The fraction of sp³-hybridized carbons (Fsp3) is 0.357. The first-order valence-corrected chi connectivity index (χ1v) is 5.98. The van der Waals surface area contributed by atoms with E-state index in [1.54, 1.807) is 13.8 Å². The minimum absolute atomic E-state index is 0.325. The van der Waals surface area contributed by atoms with Crippen molar-refractivity contribution in [3.05, 3.63) is 41.5 Å². The average molecular weight is 271 g/mol. The summed E-state index contributed by atoms with van der Waals surface area (Å²) in [6.45, 7) is 7.69. The van der Waals surface area contributed by atoms with E-state index in [1.165, 1.54) is 23.1 Å².